The van der Waals surface area contributed by atoms with Gasteiger partial charge in [-0.2, -0.15) is 0 Å². The molecule has 5 rings (SSSR count). The molecule has 4 aromatic carbocycles. The molecule has 3 N–H and O–H groups in total. The van der Waals surface area contributed by atoms with E-state index in [-0.39, 0.29) is 23.7 Å². The highest BCUT2D eigenvalue weighted by molar-refractivity contribution is 6.00. The second kappa shape index (κ2) is 14.1. The molecule has 2 unspecified atom stereocenters. The van der Waals surface area contributed by atoms with Crippen molar-refractivity contribution in [2.45, 2.75) is 56.8 Å². The summed E-state index contributed by atoms with van der Waals surface area (Å²) in [7, 11) is 0. The minimum atomic E-state index is -0.841. The number of rotatable bonds is 15. The number of carbonyl (C=O) groups is 2. The lowest BCUT2D eigenvalue weighted by atomic mass is 9.75. The predicted octanol–water partition coefficient (Wildman–Crippen LogP) is 9.37. The van der Waals surface area contributed by atoms with E-state index in [2.05, 4.69) is 104 Å². The largest absolute Gasteiger partial charge is 0.481 e. The van der Waals surface area contributed by atoms with E-state index in [0.717, 1.165) is 50.6 Å². The average molecular weight is 629 g/mol. The molecule has 2 atom stereocenters. The Kier molecular flexibility index (Phi) is 10.00. The number of nitrogens with zero attached hydrogens (tertiary/aromatic N) is 1. The molecular formula is C41H44N2O4. The number of aliphatic carboxylic acids is 2. The number of benzene rings is 4. The van der Waals surface area contributed by atoms with Crippen LogP contribution in [0.25, 0.3) is 21.5 Å². The van der Waals surface area contributed by atoms with Crippen molar-refractivity contribution in [2.24, 2.45) is 0 Å². The fourth-order valence-electron chi connectivity index (χ4n) is 7.13. The van der Waals surface area contributed by atoms with Crippen molar-refractivity contribution in [3.05, 3.63) is 133 Å². The molecule has 6 nitrogen and oxygen atoms in total. The van der Waals surface area contributed by atoms with Gasteiger partial charge in [0.2, 0.25) is 0 Å². The van der Waals surface area contributed by atoms with Gasteiger partial charge in [-0.15, -0.1) is 13.2 Å². The highest BCUT2D eigenvalue weighted by atomic mass is 16.4. The lowest BCUT2D eigenvalue weighted by Gasteiger charge is -2.31. The normalized spacial score (nSPS) is 18.0. The summed E-state index contributed by atoms with van der Waals surface area (Å²) in [5, 5.41) is 26.8. The van der Waals surface area contributed by atoms with Gasteiger partial charge >= 0.3 is 11.9 Å². The minimum Gasteiger partial charge on any atom is -0.481 e. The molecule has 0 radical (unpaired) electrons. The van der Waals surface area contributed by atoms with Crippen molar-refractivity contribution in [2.75, 3.05) is 23.3 Å². The van der Waals surface area contributed by atoms with Gasteiger partial charge in [0.15, 0.2) is 0 Å². The molecule has 0 spiro atoms. The van der Waals surface area contributed by atoms with E-state index < -0.39 is 11.9 Å². The highest BCUT2D eigenvalue weighted by Gasteiger charge is 2.43. The number of fused-ring (bicyclic) bond motifs is 4. The van der Waals surface area contributed by atoms with Crippen molar-refractivity contribution < 1.29 is 19.8 Å². The average Bonchev–Trinajstić information content (AvgIpc) is 3.29. The van der Waals surface area contributed by atoms with E-state index >= 15 is 0 Å². The molecular weight excluding hydrogens is 584 g/mol. The van der Waals surface area contributed by atoms with Crippen LogP contribution in [0, 0.1) is 0 Å². The van der Waals surface area contributed by atoms with Crippen molar-refractivity contribution >= 4 is 44.9 Å². The maximum Gasteiger partial charge on any atom is 0.305 e. The van der Waals surface area contributed by atoms with Crippen molar-refractivity contribution in [3.8, 4) is 0 Å². The molecule has 0 fully saturated rings. The van der Waals surface area contributed by atoms with Crippen LogP contribution >= 0.6 is 0 Å². The summed E-state index contributed by atoms with van der Waals surface area (Å²) in [6.45, 7) is 13.3. The third-order valence-electron chi connectivity index (χ3n) is 9.50. The molecule has 0 amide bonds. The standard InChI is InChI=1S/C41H44N2O4/c1-5-24-40(3,33-20-18-29-13-7-9-15-31(29)38(33)42-27-22-36(44)45)26-12-11-17-35-41(4,25-6-2)34-21-19-30-14-8-10-16-32(30)39(34)43(35)28-23-37(46)47/h5-21,42H,1-2,22-28H2,3-4H3,(H,44,45)(H,46,47)/b12-11+,35-17+. The fourth-order valence-corrected chi connectivity index (χ4v) is 7.13. The van der Waals surface area contributed by atoms with E-state index in [1.165, 1.54) is 5.56 Å². The summed E-state index contributed by atoms with van der Waals surface area (Å²) < 4.78 is 0. The van der Waals surface area contributed by atoms with E-state index in [1.807, 2.05) is 36.4 Å². The Morgan fingerprint density at radius 1 is 0.872 bits per heavy atom. The lowest BCUT2D eigenvalue weighted by molar-refractivity contribution is -0.137. The smallest absolute Gasteiger partial charge is 0.305 e. The van der Waals surface area contributed by atoms with Crippen LogP contribution in [0.5, 0.6) is 0 Å². The first-order valence-electron chi connectivity index (χ1n) is 16.2. The topological polar surface area (TPSA) is 89.9 Å². The Morgan fingerprint density at radius 2 is 1.53 bits per heavy atom. The van der Waals surface area contributed by atoms with Crippen LogP contribution in [0.15, 0.2) is 122 Å². The van der Waals surface area contributed by atoms with E-state index in [9.17, 15) is 19.8 Å². The first-order chi connectivity index (χ1) is 22.6. The molecule has 0 saturated heterocycles. The molecule has 0 saturated carbocycles. The van der Waals surface area contributed by atoms with Crippen LogP contribution in [-0.4, -0.2) is 35.2 Å². The van der Waals surface area contributed by atoms with Gasteiger partial charge in [-0.25, -0.2) is 0 Å². The maximum absolute atomic E-state index is 11.8. The van der Waals surface area contributed by atoms with Gasteiger partial charge in [-0.3, -0.25) is 9.59 Å². The van der Waals surface area contributed by atoms with Crippen LogP contribution in [0.2, 0.25) is 0 Å². The number of hydrogen-bond acceptors (Lipinski definition) is 4. The van der Waals surface area contributed by atoms with Crippen molar-refractivity contribution in [1.82, 2.24) is 0 Å². The number of carboxylic acids is 2. The molecule has 1 heterocycles. The van der Waals surface area contributed by atoms with Crippen molar-refractivity contribution in [1.29, 1.82) is 0 Å². The summed E-state index contributed by atoms with van der Waals surface area (Å²) in [6, 6.07) is 25.0. The summed E-state index contributed by atoms with van der Waals surface area (Å²) in [4.78, 5) is 25.3. The SMILES string of the molecule is C=CCC(C)(C/C=C/C=C1/N(CCC(=O)O)c2c(ccc3ccccc23)C1(C)CC=C)c1ccc2ccccc2c1NCCC(=O)O. The second-order valence-electron chi connectivity index (χ2n) is 12.8. The lowest BCUT2D eigenvalue weighted by Crippen LogP contribution is -2.30. The second-order valence-corrected chi connectivity index (χ2v) is 12.8. The molecule has 47 heavy (non-hydrogen) atoms. The summed E-state index contributed by atoms with van der Waals surface area (Å²) in [6.07, 6.45) is 12.5. The first-order valence-corrected chi connectivity index (χ1v) is 16.2. The molecule has 4 aromatic rings. The Hall–Kier alpha value is -5.10. The fraction of sp³-hybridized carbons (Fsp3) is 0.268. The minimum absolute atomic E-state index is 0.0188. The summed E-state index contributed by atoms with van der Waals surface area (Å²) >= 11 is 0. The van der Waals surface area contributed by atoms with Gasteiger partial charge in [-0.05, 0) is 54.2 Å². The highest BCUT2D eigenvalue weighted by Crippen LogP contribution is 2.53. The Balaban J connectivity index is 1.55. The van der Waals surface area contributed by atoms with Crippen LogP contribution in [0.4, 0.5) is 11.4 Å². The number of allylic oxidation sites excluding steroid dienone is 6. The third kappa shape index (κ3) is 6.73. The zero-order valence-corrected chi connectivity index (χ0v) is 27.3. The van der Waals surface area contributed by atoms with Gasteiger partial charge in [-0.1, -0.05) is 104 Å². The van der Waals surface area contributed by atoms with Crippen LogP contribution in [0.3, 0.4) is 0 Å². The van der Waals surface area contributed by atoms with Gasteiger partial charge in [0, 0.05) is 46.1 Å². The molecule has 1 aliphatic heterocycles. The van der Waals surface area contributed by atoms with E-state index in [4.69, 9.17) is 0 Å². The molecule has 0 aromatic heterocycles. The van der Waals surface area contributed by atoms with Crippen molar-refractivity contribution in [3.63, 3.8) is 0 Å². The summed E-state index contributed by atoms with van der Waals surface area (Å²) in [5.41, 5.74) is 4.65. The van der Waals surface area contributed by atoms with Gasteiger partial charge in [0.05, 0.1) is 18.5 Å². The van der Waals surface area contributed by atoms with Gasteiger partial charge in [0.25, 0.3) is 0 Å². The van der Waals surface area contributed by atoms with Gasteiger partial charge < -0.3 is 20.4 Å². The number of nitrogens with one attached hydrogen (secondary N) is 1. The molecule has 0 aliphatic carbocycles. The molecule has 6 heteroatoms. The quantitative estimate of drug-likeness (QED) is 0.114. The number of hydrogen-bond donors (Lipinski definition) is 3. The maximum atomic E-state index is 11.8. The molecule has 242 valence electrons. The first kappa shape index (κ1) is 33.3. The van der Waals surface area contributed by atoms with Crippen LogP contribution in [0.1, 0.15) is 57.1 Å². The Bertz CT molecular complexity index is 1890. The number of carboxylic acid groups (broad SMARTS) is 2. The monoisotopic (exact) mass is 628 g/mol. The number of anilines is 2. The molecule has 0 bridgehead atoms. The molecule has 1 aliphatic rings. The summed E-state index contributed by atoms with van der Waals surface area (Å²) in [5.74, 6) is -1.67. The van der Waals surface area contributed by atoms with Crippen LogP contribution in [-0.2, 0) is 20.4 Å². The van der Waals surface area contributed by atoms with E-state index in [1.54, 1.807) is 0 Å². The van der Waals surface area contributed by atoms with E-state index in [0.29, 0.717) is 25.9 Å². The Morgan fingerprint density at radius 3 is 2.21 bits per heavy atom. The zero-order valence-electron chi connectivity index (χ0n) is 27.3. The Labute approximate surface area is 277 Å². The predicted molar refractivity (Wildman–Crippen MR) is 194 cm³/mol. The van der Waals surface area contributed by atoms with Gasteiger partial charge in [0.1, 0.15) is 0 Å². The third-order valence-corrected chi connectivity index (χ3v) is 9.50. The zero-order chi connectivity index (χ0) is 33.6. The van der Waals surface area contributed by atoms with Crippen LogP contribution < -0.4 is 10.2 Å².